The molecule has 2 fully saturated rings. The largest absolute Gasteiger partial charge is 0.505 e. The number of hydrogen-bond donors (Lipinski definition) is 8. The topological polar surface area (TPSA) is 389 Å². The maximum absolute atomic E-state index is 12.3. The lowest BCUT2D eigenvalue weighted by Crippen LogP contribution is -2.47. The molecule has 794 valence electrons. The summed E-state index contributed by atoms with van der Waals surface area (Å²) in [4.78, 5) is 86.7. The number of nitrogens with one attached hydrogen (secondary N) is 3. The number of nitrogens with zero attached hydrogens (tertiary/aromatic N) is 7. The number of aromatic nitrogens is 7. The number of Topliss-reactive ketones (excluding diaryl/α,β-unsaturated/α-hetero) is 2. The third-order valence-electron chi connectivity index (χ3n) is 20.8. The molecule has 7 aromatic rings. The Bertz CT molecular complexity index is 5110. The van der Waals surface area contributed by atoms with Crippen molar-refractivity contribution in [2.24, 2.45) is 61.2 Å². The van der Waals surface area contributed by atoms with Crippen molar-refractivity contribution in [2.45, 2.75) is 326 Å². The highest BCUT2D eigenvalue weighted by atomic mass is 79.9. The van der Waals surface area contributed by atoms with E-state index in [4.69, 9.17) is 126 Å². The molecule has 0 aromatic carbocycles. The lowest BCUT2D eigenvalue weighted by atomic mass is 9.83. The number of methoxy groups -OCH3 is 3. The summed E-state index contributed by atoms with van der Waals surface area (Å²) in [7, 11) is 4.66. The van der Waals surface area contributed by atoms with Crippen molar-refractivity contribution in [3.05, 3.63) is 157 Å². The predicted molar refractivity (Wildman–Crippen MR) is 587 cm³/mol. The summed E-state index contributed by atoms with van der Waals surface area (Å²) in [6.07, 6.45) is 15.6. The smallest absolute Gasteiger partial charge is 0.407 e. The van der Waals surface area contributed by atoms with Crippen molar-refractivity contribution in [3.63, 3.8) is 0 Å². The molecule has 7 heterocycles. The van der Waals surface area contributed by atoms with E-state index in [1.165, 1.54) is 38.1 Å². The van der Waals surface area contributed by atoms with E-state index in [0.29, 0.717) is 97.4 Å². The molecule has 2 aliphatic carbocycles. The summed E-state index contributed by atoms with van der Waals surface area (Å²) in [5.41, 5.74) is 14.8. The summed E-state index contributed by atoms with van der Waals surface area (Å²) in [5, 5.41) is 40.4. The Morgan fingerprint density at radius 3 is 1.00 bits per heavy atom. The average Bonchev–Trinajstić information content (AvgIpc) is 1.37. The summed E-state index contributed by atoms with van der Waals surface area (Å²) >= 11 is 54.1. The first-order valence-electron chi connectivity index (χ1n) is 46.1. The van der Waals surface area contributed by atoms with Gasteiger partial charge in [-0.2, -0.15) is 0 Å². The Labute approximate surface area is 907 Å². The number of ether oxygens (including phenoxy) is 7. The van der Waals surface area contributed by atoms with E-state index in [2.05, 4.69) is 177 Å². The third kappa shape index (κ3) is 56.4. The van der Waals surface area contributed by atoms with Crippen LogP contribution in [0, 0.1) is 49.7 Å². The zero-order valence-electron chi connectivity index (χ0n) is 88.6. The number of alkyl carbamates (subject to hydrolysis) is 3. The molecule has 0 radical (unpaired) electrons. The Morgan fingerprint density at radius 1 is 0.390 bits per heavy atom. The second kappa shape index (κ2) is 59.0. The fraction of sp³-hybridized carbons (Fsp3) is 0.612. The maximum atomic E-state index is 12.3. The molecule has 27 nitrogen and oxygen atoms in total. The number of pyridine rings is 7. The van der Waals surface area contributed by atoms with E-state index in [0.717, 1.165) is 50.2 Å². The van der Waals surface area contributed by atoms with E-state index in [-0.39, 0.29) is 112 Å². The number of aromatic hydroxyl groups is 3. The molecule has 0 aliphatic heterocycles. The van der Waals surface area contributed by atoms with Gasteiger partial charge in [0.1, 0.15) is 37.6 Å². The Balaban J connectivity index is 0.000000817. The van der Waals surface area contributed by atoms with Crippen LogP contribution in [0.2, 0.25) is 36.1 Å². The van der Waals surface area contributed by atoms with E-state index in [1.54, 1.807) is 82.5 Å². The van der Waals surface area contributed by atoms with Crippen LogP contribution in [0.4, 0.5) is 14.4 Å². The van der Waals surface area contributed by atoms with E-state index in [1.807, 2.05) is 158 Å². The van der Waals surface area contributed by atoms with Crippen molar-refractivity contribution in [3.8, 4) is 40.2 Å². The fourth-order valence-corrected chi connectivity index (χ4v) is 13.8. The maximum Gasteiger partial charge on any atom is 0.407 e. The van der Waals surface area contributed by atoms with Gasteiger partial charge in [0.15, 0.2) is 76.3 Å². The molecule has 5 unspecified atom stereocenters. The summed E-state index contributed by atoms with van der Waals surface area (Å²) in [5.74, 6) is 4.21. The van der Waals surface area contributed by atoms with Gasteiger partial charge in [0.05, 0.1) is 27.9 Å². The molecule has 0 saturated heterocycles. The molecule has 7 aromatic heterocycles. The van der Waals surface area contributed by atoms with Crippen LogP contribution in [0.15, 0.2) is 87.1 Å². The lowest BCUT2D eigenvalue weighted by Gasteiger charge is -2.32. The van der Waals surface area contributed by atoms with Crippen LogP contribution in [0.25, 0.3) is 0 Å². The van der Waals surface area contributed by atoms with Gasteiger partial charge >= 0.3 is 18.3 Å². The van der Waals surface area contributed by atoms with Gasteiger partial charge < -0.3 is 75.9 Å². The highest BCUT2D eigenvalue weighted by molar-refractivity contribution is 9.11. The molecule has 38 heteroatoms. The second-order valence-corrected chi connectivity index (χ2v) is 50.3. The predicted octanol–water partition coefficient (Wildman–Crippen LogP) is 28.2. The minimum absolute atomic E-state index is 0.00951. The van der Waals surface area contributed by atoms with Crippen LogP contribution in [0.5, 0.6) is 40.2 Å². The van der Waals surface area contributed by atoms with Crippen LogP contribution >= 0.6 is 145 Å². The number of hydrogen-bond acceptors (Lipinski definition) is 24. The fourth-order valence-electron chi connectivity index (χ4n) is 10.6. The van der Waals surface area contributed by atoms with Crippen LogP contribution < -0.4 is 46.4 Å². The SMILES string of the molecule is BrCC1CC1.CC(=O)C(C)(C)C.CC(C)(C)C(N)Cc1cnc(Cl)c(O)c1.CC(C)(C)OC(=O)NC(Cc1cc(O)c(Cl)nc1Br)C(C)(C)C.CC(C)(C)OC(=O)NC(Cc1cc(OCC2CC2)c(Cl)nc1Br)C(C)(C)C.CC(C)(C)OC(=O)NC(Cc1cnc(Cl)c(O)c1)C(C)(C)C.COc1cc(Br)cnc1Cl.COc1cc(CC(=O)C(C)(C)C)cnc1Cl.COc1cc(CC(N)C(C)(C)C)cnc1Cl. The zero-order chi connectivity index (χ0) is 109. The van der Waals surface area contributed by atoms with Gasteiger partial charge in [-0.3, -0.25) is 9.59 Å². The summed E-state index contributed by atoms with van der Waals surface area (Å²) in [6.45, 7) is 61.2. The van der Waals surface area contributed by atoms with Crippen LogP contribution in [0.1, 0.15) is 274 Å². The van der Waals surface area contributed by atoms with Gasteiger partial charge in [0.25, 0.3) is 0 Å². The molecule has 10 N–H and O–H groups in total. The van der Waals surface area contributed by atoms with Crippen molar-refractivity contribution in [1.29, 1.82) is 0 Å². The highest BCUT2D eigenvalue weighted by Gasteiger charge is 2.35. The van der Waals surface area contributed by atoms with Gasteiger partial charge in [-0.15, -0.1) is 0 Å². The van der Waals surface area contributed by atoms with Crippen molar-refractivity contribution >= 4 is 175 Å². The molecule has 5 atom stereocenters. The van der Waals surface area contributed by atoms with Crippen molar-refractivity contribution < 1.29 is 72.5 Å². The molecule has 9 rings (SSSR count). The molecular formula is C103H155Br4Cl7N12O15. The Hall–Kier alpha value is -6.33. The summed E-state index contributed by atoms with van der Waals surface area (Å²) in [6, 6.07) is 11.6. The number of ketones is 2. The molecule has 2 aliphatic rings. The number of amides is 3. The normalized spacial score (nSPS) is 13.8. The Morgan fingerprint density at radius 2 is 0.695 bits per heavy atom. The average molecular weight is 2370 g/mol. The number of carbonyl (C=O) groups excluding carboxylic acids is 5. The zero-order valence-corrected chi connectivity index (χ0v) is 100. The number of halogens is 11. The first-order valence-corrected chi connectivity index (χ1v) is 52.3. The van der Waals surface area contributed by atoms with E-state index in [9.17, 15) is 39.3 Å². The molecule has 0 spiro atoms. The number of carbonyl (C=O) groups is 5. The van der Waals surface area contributed by atoms with Gasteiger partial charge in [0, 0.05) is 88.2 Å². The number of alkyl halides is 1. The minimum Gasteiger partial charge on any atom is -0.505 e. The van der Waals surface area contributed by atoms with Gasteiger partial charge in [-0.1, -0.05) is 243 Å². The van der Waals surface area contributed by atoms with E-state index >= 15 is 0 Å². The summed E-state index contributed by atoms with van der Waals surface area (Å²) < 4.78 is 39.0. The van der Waals surface area contributed by atoms with Gasteiger partial charge in [0.2, 0.25) is 0 Å². The monoisotopic (exact) mass is 2360 g/mol. The number of rotatable bonds is 22. The first kappa shape index (κ1) is 133. The van der Waals surface area contributed by atoms with Crippen LogP contribution in [-0.2, 0) is 62.3 Å². The van der Waals surface area contributed by atoms with Gasteiger partial charge in [-0.05, 0) is 290 Å². The van der Waals surface area contributed by atoms with Crippen LogP contribution in [0.3, 0.4) is 0 Å². The standard InChI is InChI=1S/C20H30BrClN2O3.C16H24BrClN2O3.C16H25ClN2O3.C12H19ClN2O.C12H16ClNO2.C11H17ClN2O.C6H5BrClNO.C6H12O.C4H7Br/c1-19(2,3)15(23-18(25)27-20(4,5)6)10-13-9-14(17(22)24-16(13)21)26-11-12-7-8-12;1-15(2,3)11(19-14(22)23-16(4,5)6)8-9-7-10(21)13(18)20-12(9)17;1-15(2,3)12(19-14(21)22-16(4,5)6)8-10-7-11(20)13(17)18-9-10;1-12(2,3)10(14)6-8-5-9(16-4)11(13)15-7-8;1-12(2,3)10(15)6-8-5-9(16-4)11(13)14-7-8;1-11(2,3)9(13)5-7-4-8(15)10(12)14-6-7;1-10-5-2-4(7)3-9-6(5)8;1-5(7)6(2,3)4;5-3-4-1-2-4/h9,12,15H,7-8,10-11H2,1-6H3,(H,23,25);7,11,21H,8H2,1-6H3,(H,19,22);7,9,12,20H,8H2,1-6H3,(H,19,21);5,7,10H,6,14H2,1-4H3;5,7H,6H2,1-4H3;4,6,9,15H,5,13H2,1-3H3;2-3H,1H3;1-4H3;4H,1-3H2. The Kier molecular flexibility index (Phi) is 55.5. The molecule has 2 saturated carbocycles. The lowest BCUT2D eigenvalue weighted by molar-refractivity contribution is -0.125. The second-order valence-electron chi connectivity index (χ2n) is 44.8. The third-order valence-corrected chi connectivity index (χ3v) is 25.6. The molecular weight excluding hydrogens is 2210 g/mol. The molecule has 3 amide bonds. The minimum atomic E-state index is -0.562. The van der Waals surface area contributed by atoms with Crippen LogP contribution in [-0.4, -0.2) is 160 Å². The first-order chi connectivity index (χ1) is 64.1. The number of nitrogens with two attached hydrogens (primary N) is 2. The van der Waals surface area contributed by atoms with Crippen molar-refractivity contribution in [2.75, 3.05) is 33.3 Å². The quantitative estimate of drug-likeness (QED) is 0.0177. The molecule has 141 heavy (non-hydrogen) atoms. The van der Waals surface area contributed by atoms with Crippen molar-refractivity contribution in [1.82, 2.24) is 50.8 Å². The van der Waals surface area contributed by atoms with E-state index < -0.39 is 35.1 Å². The molecule has 0 bridgehead atoms. The highest BCUT2D eigenvalue weighted by Crippen LogP contribution is 2.39. The van der Waals surface area contributed by atoms with Gasteiger partial charge in [-0.25, -0.2) is 49.3 Å².